The topological polar surface area (TPSA) is 97.3 Å². The van der Waals surface area contributed by atoms with E-state index < -0.39 is 12.0 Å². The van der Waals surface area contributed by atoms with Crippen molar-refractivity contribution < 1.29 is 28.9 Å². The van der Waals surface area contributed by atoms with Crippen molar-refractivity contribution >= 4 is 11.9 Å². The predicted octanol–water partition coefficient (Wildman–Crippen LogP) is 0.886. The summed E-state index contributed by atoms with van der Waals surface area (Å²) < 4.78 is 16.3. The minimum Gasteiger partial charge on any atom is -0.493 e. The van der Waals surface area contributed by atoms with Gasteiger partial charge in [0.1, 0.15) is 12.6 Å². The molecule has 1 aliphatic heterocycles. The summed E-state index contributed by atoms with van der Waals surface area (Å²) in [6.45, 7) is 5.05. The van der Waals surface area contributed by atoms with Crippen LogP contribution in [-0.2, 0) is 20.9 Å². The van der Waals surface area contributed by atoms with E-state index in [0.717, 1.165) is 5.56 Å². The molecular weight excluding hydrogens is 340 g/mol. The minimum absolute atomic E-state index is 0.221. The van der Waals surface area contributed by atoms with Gasteiger partial charge < -0.3 is 24.6 Å². The van der Waals surface area contributed by atoms with Crippen molar-refractivity contribution in [3.05, 3.63) is 23.8 Å². The zero-order valence-electron chi connectivity index (χ0n) is 15.2. The number of nitrogens with one attached hydrogen (secondary N) is 1. The van der Waals surface area contributed by atoms with Gasteiger partial charge in [-0.15, -0.1) is 0 Å². The minimum atomic E-state index is -0.993. The summed E-state index contributed by atoms with van der Waals surface area (Å²) in [4.78, 5) is 24.9. The van der Waals surface area contributed by atoms with Crippen LogP contribution in [0.25, 0.3) is 0 Å². The molecule has 1 amide bonds. The highest BCUT2D eigenvalue weighted by Gasteiger charge is 2.31. The lowest BCUT2D eigenvalue weighted by molar-refractivity contribution is -0.143. The van der Waals surface area contributed by atoms with Gasteiger partial charge in [-0.05, 0) is 24.6 Å². The largest absolute Gasteiger partial charge is 0.493 e. The number of carbonyl (C=O) groups is 2. The molecule has 1 saturated heterocycles. The van der Waals surface area contributed by atoms with Crippen LogP contribution in [0.1, 0.15) is 18.9 Å². The highest BCUT2D eigenvalue weighted by atomic mass is 16.5. The Morgan fingerprint density at radius 1 is 1.35 bits per heavy atom. The third-order valence-electron chi connectivity index (χ3n) is 4.11. The molecule has 1 aromatic rings. The van der Waals surface area contributed by atoms with Crippen LogP contribution in [0.4, 0.5) is 0 Å². The van der Waals surface area contributed by atoms with Crippen LogP contribution in [-0.4, -0.2) is 67.9 Å². The maximum absolute atomic E-state index is 12.0. The van der Waals surface area contributed by atoms with E-state index in [1.807, 2.05) is 30.0 Å². The molecule has 8 heteroatoms. The third-order valence-corrected chi connectivity index (χ3v) is 4.11. The standard InChI is InChI=1S/C18H26N2O6/c1-3-25-8-9-26-15-5-4-13(10-16(15)24-2)12-20-7-6-19-18(23)14(20)11-17(21)22/h4-5,10,14H,3,6-9,11-12H2,1-2H3,(H,19,23)(H,21,22). The summed E-state index contributed by atoms with van der Waals surface area (Å²) in [5.41, 5.74) is 0.920. The molecule has 144 valence electrons. The van der Waals surface area contributed by atoms with E-state index in [4.69, 9.17) is 19.3 Å². The molecule has 1 fully saturated rings. The van der Waals surface area contributed by atoms with Crippen molar-refractivity contribution in [1.82, 2.24) is 10.2 Å². The molecule has 1 atom stereocenters. The highest BCUT2D eigenvalue weighted by Crippen LogP contribution is 2.29. The van der Waals surface area contributed by atoms with Crippen LogP contribution < -0.4 is 14.8 Å². The molecule has 1 heterocycles. The lowest BCUT2D eigenvalue weighted by Crippen LogP contribution is -2.55. The zero-order chi connectivity index (χ0) is 18.9. The Bertz CT molecular complexity index is 622. The number of hydrogen-bond acceptors (Lipinski definition) is 6. The number of benzene rings is 1. The first-order valence-electron chi connectivity index (χ1n) is 8.66. The number of nitrogens with zero attached hydrogens (tertiary/aromatic N) is 1. The Morgan fingerprint density at radius 3 is 2.85 bits per heavy atom. The number of carbonyl (C=O) groups excluding carboxylic acids is 1. The summed E-state index contributed by atoms with van der Waals surface area (Å²) in [6, 6.07) is 4.88. The Labute approximate surface area is 153 Å². The van der Waals surface area contributed by atoms with E-state index in [9.17, 15) is 9.59 Å². The summed E-state index contributed by atoms with van der Waals surface area (Å²) in [5, 5.41) is 11.8. The summed E-state index contributed by atoms with van der Waals surface area (Å²) in [6.07, 6.45) is -0.221. The summed E-state index contributed by atoms with van der Waals surface area (Å²) in [5.74, 6) is -0.0289. The second-order valence-electron chi connectivity index (χ2n) is 5.91. The second kappa shape index (κ2) is 9.98. The zero-order valence-corrected chi connectivity index (χ0v) is 15.2. The Kier molecular flexibility index (Phi) is 7.68. The molecule has 8 nitrogen and oxygen atoms in total. The molecule has 1 aliphatic rings. The Hall–Kier alpha value is -2.32. The molecule has 2 N–H and O–H groups in total. The van der Waals surface area contributed by atoms with Gasteiger partial charge in [-0.2, -0.15) is 0 Å². The molecule has 0 radical (unpaired) electrons. The molecule has 26 heavy (non-hydrogen) atoms. The monoisotopic (exact) mass is 366 g/mol. The van der Waals surface area contributed by atoms with Crippen molar-refractivity contribution in [1.29, 1.82) is 0 Å². The van der Waals surface area contributed by atoms with Gasteiger partial charge in [0.25, 0.3) is 0 Å². The number of aliphatic carboxylic acids is 1. The first-order valence-corrected chi connectivity index (χ1v) is 8.66. The van der Waals surface area contributed by atoms with Gasteiger partial charge >= 0.3 is 5.97 Å². The molecular formula is C18H26N2O6. The molecule has 0 aromatic heterocycles. The highest BCUT2D eigenvalue weighted by molar-refractivity contribution is 5.86. The number of carboxylic acids is 1. The van der Waals surface area contributed by atoms with Crippen molar-refractivity contribution in [2.75, 3.05) is 40.0 Å². The van der Waals surface area contributed by atoms with Crippen molar-refractivity contribution in [2.45, 2.75) is 25.9 Å². The van der Waals surface area contributed by atoms with Crippen LogP contribution in [0, 0.1) is 0 Å². The van der Waals surface area contributed by atoms with Gasteiger partial charge in [-0.1, -0.05) is 6.07 Å². The number of methoxy groups -OCH3 is 1. The van der Waals surface area contributed by atoms with Gasteiger partial charge in [0.05, 0.1) is 20.1 Å². The van der Waals surface area contributed by atoms with Gasteiger partial charge in [-0.3, -0.25) is 14.5 Å². The van der Waals surface area contributed by atoms with Crippen LogP contribution >= 0.6 is 0 Å². The van der Waals surface area contributed by atoms with E-state index in [2.05, 4.69) is 5.32 Å². The molecule has 0 spiro atoms. The summed E-state index contributed by atoms with van der Waals surface area (Å²) >= 11 is 0. The van der Waals surface area contributed by atoms with Gasteiger partial charge in [0.15, 0.2) is 11.5 Å². The molecule has 0 saturated carbocycles. The van der Waals surface area contributed by atoms with Crippen LogP contribution in [0.5, 0.6) is 11.5 Å². The van der Waals surface area contributed by atoms with Gasteiger partial charge in [0.2, 0.25) is 5.91 Å². The number of ether oxygens (including phenoxy) is 3. The maximum atomic E-state index is 12.0. The lowest BCUT2D eigenvalue weighted by Gasteiger charge is -2.34. The normalized spacial score (nSPS) is 17.6. The van der Waals surface area contributed by atoms with Crippen LogP contribution in [0.15, 0.2) is 18.2 Å². The van der Waals surface area contributed by atoms with Crippen LogP contribution in [0.3, 0.4) is 0 Å². The fourth-order valence-electron chi connectivity index (χ4n) is 2.86. The van der Waals surface area contributed by atoms with Crippen molar-refractivity contribution in [3.8, 4) is 11.5 Å². The number of piperazine rings is 1. The molecule has 1 unspecified atom stereocenters. The molecule has 1 aromatic carbocycles. The van der Waals surface area contributed by atoms with E-state index >= 15 is 0 Å². The van der Waals surface area contributed by atoms with Gasteiger partial charge in [0, 0.05) is 26.2 Å². The SMILES string of the molecule is CCOCCOc1ccc(CN2CCNC(=O)C2CC(=O)O)cc1OC. The number of carboxylic acid groups (broad SMARTS) is 1. The van der Waals surface area contributed by atoms with E-state index in [0.29, 0.717) is 51.0 Å². The average molecular weight is 366 g/mol. The third kappa shape index (κ3) is 5.60. The quantitative estimate of drug-likeness (QED) is 0.594. The Morgan fingerprint density at radius 2 is 2.15 bits per heavy atom. The maximum Gasteiger partial charge on any atom is 0.305 e. The lowest BCUT2D eigenvalue weighted by atomic mass is 10.1. The van der Waals surface area contributed by atoms with Crippen molar-refractivity contribution in [2.24, 2.45) is 0 Å². The van der Waals surface area contributed by atoms with Gasteiger partial charge in [-0.25, -0.2) is 0 Å². The van der Waals surface area contributed by atoms with Crippen LogP contribution in [0.2, 0.25) is 0 Å². The smallest absolute Gasteiger partial charge is 0.305 e. The number of hydrogen-bond donors (Lipinski definition) is 2. The number of rotatable bonds is 10. The predicted molar refractivity (Wildman–Crippen MR) is 94.4 cm³/mol. The molecule has 0 aliphatic carbocycles. The fourth-order valence-corrected chi connectivity index (χ4v) is 2.86. The molecule has 0 bridgehead atoms. The average Bonchev–Trinajstić information content (AvgIpc) is 2.62. The molecule has 2 rings (SSSR count). The number of amides is 1. The Balaban J connectivity index is 2.05. The van der Waals surface area contributed by atoms with E-state index in [1.165, 1.54) is 0 Å². The fraction of sp³-hybridized carbons (Fsp3) is 0.556. The van der Waals surface area contributed by atoms with E-state index in [1.54, 1.807) is 7.11 Å². The second-order valence-corrected chi connectivity index (χ2v) is 5.91. The first kappa shape index (κ1) is 20.0. The first-order chi connectivity index (χ1) is 12.5. The summed E-state index contributed by atoms with van der Waals surface area (Å²) in [7, 11) is 1.57. The van der Waals surface area contributed by atoms with Crippen molar-refractivity contribution in [3.63, 3.8) is 0 Å². The van der Waals surface area contributed by atoms with E-state index in [-0.39, 0.29) is 12.3 Å².